The van der Waals surface area contributed by atoms with Gasteiger partial charge in [0.1, 0.15) is 5.92 Å². The third kappa shape index (κ3) is 6.62. The van der Waals surface area contributed by atoms with Gasteiger partial charge in [-0.1, -0.05) is 55.4 Å². The van der Waals surface area contributed by atoms with Crippen molar-refractivity contribution in [3.05, 3.63) is 58.7 Å². The van der Waals surface area contributed by atoms with Gasteiger partial charge < -0.3 is 5.11 Å². The molecule has 1 atom stereocenters. The number of carboxylic acids is 1. The first-order valence-corrected chi connectivity index (χ1v) is 9.23. The summed E-state index contributed by atoms with van der Waals surface area (Å²) in [5, 5.41) is 8.85. The van der Waals surface area contributed by atoms with Crippen LogP contribution in [0.15, 0.2) is 58.7 Å². The van der Waals surface area contributed by atoms with Crippen LogP contribution in [0.5, 0.6) is 0 Å². The molecular weight excluding hydrogens is 324 g/mol. The van der Waals surface area contributed by atoms with E-state index >= 15 is 0 Å². The maximum atomic E-state index is 11.7. The van der Waals surface area contributed by atoms with Gasteiger partial charge >= 0.3 is 5.97 Å². The van der Waals surface area contributed by atoms with Gasteiger partial charge in [-0.05, 0) is 69.6 Å². The average Bonchev–Trinajstić information content (AvgIpc) is 2.52. The number of carbonyl (C=O) groups is 2. The Hall–Kier alpha value is -2.16. The predicted molar refractivity (Wildman–Crippen MR) is 108 cm³/mol. The number of carbonyl (C=O) groups excluding carboxylic acids is 1. The van der Waals surface area contributed by atoms with Gasteiger partial charge in [-0.3, -0.25) is 9.59 Å². The van der Waals surface area contributed by atoms with Gasteiger partial charge in [0, 0.05) is 0 Å². The number of carboxylic acid groups (broad SMARTS) is 1. The molecule has 0 spiro atoms. The Morgan fingerprint density at radius 2 is 1.81 bits per heavy atom. The van der Waals surface area contributed by atoms with Crippen LogP contribution in [0, 0.1) is 11.3 Å². The third-order valence-electron chi connectivity index (χ3n) is 4.94. The average molecular weight is 357 g/mol. The summed E-state index contributed by atoms with van der Waals surface area (Å²) in [5.41, 5.74) is 5.01. The summed E-state index contributed by atoms with van der Waals surface area (Å²) in [6, 6.07) is 0. The second kappa shape index (κ2) is 9.51. The molecule has 1 rings (SSSR count). The van der Waals surface area contributed by atoms with Crippen LogP contribution >= 0.6 is 0 Å². The van der Waals surface area contributed by atoms with Gasteiger partial charge in [0.05, 0.1) is 0 Å². The van der Waals surface area contributed by atoms with Gasteiger partial charge in [-0.15, -0.1) is 0 Å². The van der Waals surface area contributed by atoms with E-state index in [1.54, 1.807) is 6.92 Å². The van der Waals surface area contributed by atoms with Crippen LogP contribution in [-0.4, -0.2) is 16.9 Å². The summed E-state index contributed by atoms with van der Waals surface area (Å²) in [7, 11) is 0. The van der Waals surface area contributed by atoms with Crippen LogP contribution in [0.25, 0.3) is 0 Å². The molecule has 0 fully saturated rings. The highest BCUT2D eigenvalue weighted by atomic mass is 16.4. The van der Waals surface area contributed by atoms with Crippen LogP contribution in [-0.2, 0) is 9.59 Å². The van der Waals surface area contributed by atoms with Crippen molar-refractivity contribution in [2.24, 2.45) is 11.3 Å². The van der Waals surface area contributed by atoms with E-state index in [1.165, 1.54) is 43.4 Å². The maximum absolute atomic E-state index is 11.7. The number of rotatable bonds is 7. The monoisotopic (exact) mass is 356 g/mol. The standard InChI is InChI=1S/C23H32O3/c1-16(12-13-20-18(3)11-8-14-23(20,5)6)9-7-10-17(2)15-21(24)19(4)22(25)26/h7,9-10,12-13,15,19H,8,11,14H2,1-6H3,(H,25,26)/b10-7+,13-12+,16-9+,17-15+. The quantitative estimate of drug-likeness (QED) is 0.356. The predicted octanol–water partition coefficient (Wildman–Crippen LogP) is 5.81. The molecule has 0 saturated carbocycles. The zero-order valence-electron chi connectivity index (χ0n) is 16.9. The Morgan fingerprint density at radius 1 is 1.15 bits per heavy atom. The molecule has 0 amide bonds. The molecule has 0 aliphatic heterocycles. The van der Waals surface area contributed by atoms with Crippen LogP contribution < -0.4 is 0 Å². The summed E-state index contributed by atoms with van der Waals surface area (Å²) in [6.45, 7) is 12.1. The lowest BCUT2D eigenvalue weighted by Gasteiger charge is -2.32. The van der Waals surface area contributed by atoms with Gasteiger partial charge in [-0.25, -0.2) is 0 Å². The van der Waals surface area contributed by atoms with Crippen LogP contribution in [0.3, 0.4) is 0 Å². The zero-order valence-corrected chi connectivity index (χ0v) is 16.9. The lowest BCUT2D eigenvalue weighted by Crippen LogP contribution is -2.19. The second-order valence-electron chi connectivity index (χ2n) is 7.89. The second-order valence-corrected chi connectivity index (χ2v) is 7.89. The molecule has 142 valence electrons. The van der Waals surface area contributed by atoms with Crippen molar-refractivity contribution in [2.45, 2.75) is 60.8 Å². The summed E-state index contributed by atoms with van der Waals surface area (Å²) in [5.74, 6) is -2.49. The Labute approximate surface area is 157 Å². The lowest BCUT2D eigenvalue weighted by atomic mass is 9.72. The van der Waals surface area contributed by atoms with Crippen molar-refractivity contribution < 1.29 is 14.7 Å². The van der Waals surface area contributed by atoms with Gasteiger partial charge in [0.2, 0.25) is 0 Å². The minimum atomic E-state index is -1.10. The van der Waals surface area contributed by atoms with E-state index in [4.69, 9.17) is 5.11 Å². The van der Waals surface area contributed by atoms with E-state index in [-0.39, 0.29) is 11.2 Å². The summed E-state index contributed by atoms with van der Waals surface area (Å²) >= 11 is 0. The van der Waals surface area contributed by atoms with Crippen molar-refractivity contribution in [3.63, 3.8) is 0 Å². The molecule has 0 bridgehead atoms. The SMILES string of the molecule is CC1=C(/C=C/C(C)=C/C=C/C(C)=C/C(=O)C(C)C(=O)O)C(C)(C)CCC1. The normalized spacial score (nSPS) is 20.1. The largest absolute Gasteiger partial charge is 0.481 e. The van der Waals surface area contributed by atoms with Crippen LogP contribution in [0.2, 0.25) is 0 Å². The number of aliphatic carboxylic acids is 1. The van der Waals surface area contributed by atoms with E-state index < -0.39 is 11.9 Å². The Kier molecular flexibility index (Phi) is 8.01. The Morgan fingerprint density at radius 3 is 2.38 bits per heavy atom. The van der Waals surface area contributed by atoms with E-state index in [2.05, 4.69) is 32.9 Å². The highest BCUT2D eigenvalue weighted by Crippen LogP contribution is 2.40. The lowest BCUT2D eigenvalue weighted by molar-refractivity contribution is -0.144. The Balaban J connectivity index is 2.78. The Bertz CT molecular complexity index is 697. The minimum absolute atomic E-state index is 0.232. The van der Waals surface area contributed by atoms with E-state index in [9.17, 15) is 9.59 Å². The molecular formula is C23H32O3. The number of ketones is 1. The fourth-order valence-corrected chi connectivity index (χ4v) is 3.15. The summed E-state index contributed by atoms with van der Waals surface area (Å²) in [4.78, 5) is 22.5. The molecule has 0 heterocycles. The van der Waals surface area contributed by atoms with E-state index in [0.717, 1.165) is 11.1 Å². The summed E-state index contributed by atoms with van der Waals surface area (Å²) in [6.07, 6.45) is 15.1. The van der Waals surface area contributed by atoms with Gasteiger partial charge in [0.25, 0.3) is 0 Å². The van der Waals surface area contributed by atoms with Crippen molar-refractivity contribution in [3.8, 4) is 0 Å². The topological polar surface area (TPSA) is 54.4 Å². The highest BCUT2D eigenvalue weighted by Gasteiger charge is 2.26. The number of hydrogen-bond donors (Lipinski definition) is 1. The van der Waals surface area contributed by atoms with Crippen molar-refractivity contribution in [1.82, 2.24) is 0 Å². The molecule has 0 radical (unpaired) electrons. The van der Waals surface area contributed by atoms with Gasteiger partial charge in [-0.2, -0.15) is 0 Å². The van der Waals surface area contributed by atoms with Crippen molar-refractivity contribution in [2.75, 3.05) is 0 Å². The minimum Gasteiger partial charge on any atom is -0.481 e. The number of allylic oxidation sites excluding steroid dienone is 10. The fraction of sp³-hybridized carbons (Fsp3) is 0.478. The van der Waals surface area contributed by atoms with Crippen LogP contribution in [0.1, 0.15) is 60.8 Å². The summed E-state index contributed by atoms with van der Waals surface area (Å²) < 4.78 is 0. The van der Waals surface area contributed by atoms with Gasteiger partial charge in [0.15, 0.2) is 5.78 Å². The first kappa shape index (κ1) is 21.9. The first-order chi connectivity index (χ1) is 12.0. The van der Waals surface area contributed by atoms with E-state index in [1.807, 2.05) is 25.2 Å². The molecule has 1 unspecified atom stereocenters. The molecule has 0 saturated heterocycles. The van der Waals surface area contributed by atoms with E-state index in [0.29, 0.717) is 0 Å². The molecule has 0 aromatic carbocycles. The molecule has 26 heavy (non-hydrogen) atoms. The fourth-order valence-electron chi connectivity index (χ4n) is 3.15. The first-order valence-electron chi connectivity index (χ1n) is 9.23. The molecule has 3 nitrogen and oxygen atoms in total. The molecule has 1 aliphatic carbocycles. The van der Waals surface area contributed by atoms with Crippen molar-refractivity contribution in [1.29, 1.82) is 0 Å². The molecule has 0 aromatic rings. The molecule has 1 N–H and O–H groups in total. The van der Waals surface area contributed by atoms with Crippen LogP contribution in [0.4, 0.5) is 0 Å². The number of hydrogen-bond acceptors (Lipinski definition) is 2. The smallest absolute Gasteiger partial charge is 0.314 e. The highest BCUT2D eigenvalue weighted by molar-refractivity contribution is 6.04. The third-order valence-corrected chi connectivity index (χ3v) is 4.94. The zero-order chi connectivity index (χ0) is 19.9. The maximum Gasteiger partial charge on any atom is 0.314 e. The van der Waals surface area contributed by atoms with Crippen molar-refractivity contribution >= 4 is 11.8 Å². The molecule has 1 aliphatic rings. The molecule has 0 aromatic heterocycles. The molecule has 3 heteroatoms.